The highest BCUT2D eigenvalue weighted by molar-refractivity contribution is 5.42. The van der Waals surface area contributed by atoms with Crippen molar-refractivity contribution in [3.63, 3.8) is 0 Å². The summed E-state index contributed by atoms with van der Waals surface area (Å²) in [6.45, 7) is 5.34. The first-order valence-corrected chi connectivity index (χ1v) is 6.71. The molecule has 0 radical (unpaired) electrons. The first-order valence-electron chi connectivity index (χ1n) is 6.71. The van der Waals surface area contributed by atoms with Crippen LogP contribution in [-0.4, -0.2) is 16.7 Å². The predicted molar refractivity (Wildman–Crippen MR) is 77.8 cm³/mol. The fourth-order valence-electron chi connectivity index (χ4n) is 2.05. The number of methoxy groups -OCH3 is 1. The largest absolute Gasteiger partial charge is 0.497 e. The van der Waals surface area contributed by atoms with Gasteiger partial charge in [0.1, 0.15) is 18.1 Å². The minimum atomic E-state index is -0.0907. The number of aryl methyl sites for hydroxylation is 1. The van der Waals surface area contributed by atoms with Crippen molar-refractivity contribution in [2.75, 3.05) is 7.11 Å². The fraction of sp³-hybridized carbons (Fsp3) is 0.400. The monoisotopic (exact) mass is 275 g/mol. The number of rotatable bonds is 6. The van der Waals surface area contributed by atoms with Gasteiger partial charge in [0.05, 0.1) is 25.3 Å². The smallest absolute Gasteiger partial charge is 0.130 e. The van der Waals surface area contributed by atoms with Gasteiger partial charge in [-0.1, -0.05) is 6.07 Å². The Labute approximate surface area is 119 Å². The molecule has 0 spiro atoms. The van der Waals surface area contributed by atoms with Gasteiger partial charge >= 0.3 is 0 Å². The predicted octanol–water partition coefficient (Wildman–Crippen LogP) is 2.51. The van der Waals surface area contributed by atoms with Crippen LogP contribution in [0.5, 0.6) is 11.5 Å². The summed E-state index contributed by atoms with van der Waals surface area (Å²) in [5.41, 5.74) is 7.97. The van der Waals surface area contributed by atoms with Gasteiger partial charge in [0.15, 0.2) is 0 Å². The minimum absolute atomic E-state index is 0.0907. The van der Waals surface area contributed by atoms with E-state index in [4.69, 9.17) is 15.2 Å². The van der Waals surface area contributed by atoms with Crippen LogP contribution in [0.15, 0.2) is 30.7 Å². The number of hydrogen-bond donors (Lipinski definition) is 1. The normalized spacial score (nSPS) is 12.2. The van der Waals surface area contributed by atoms with Crippen LogP contribution in [-0.2, 0) is 13.2 Å². The molecule has 0 fully saturated rings. The van der Waals surface area contributed by atoms with E-state index in [-0.39, 0.29) is 6.04 Å². The van der Waals surface area contributed by atoms with Gasteiger partial charge in [-0.15, -0.1) is 0 Å². The number of aromatic nitrogens is 2. The third kappa shape index (κ3) is 3.11. The number of nitrogens with two attached hydrogens (primary N) is 1. The molecule has 2 N–H and O–H groups in total. The summed E-state index contributed by atoms with van der Waals surface area (Å²) in [6.07, 6.45) is 3.62. The molecule has 0 saturated heterocycles. The zero-order valence-electron chi connectivity index (χ0n) is 12.2. The quantitative estimate of drug-likeness (QED) is 0.880. The van der Waals surface area contributed by atoms with Crippen LogP contribution in [0.1, 0.15) is 31.1 Å². The number of imidazole rings is 1. The highest BCUT2D eigenvalue weighted by Gasteiger charge is 2.11. The second kappa shape index (κ2) is 6.43. The zero-order valence-corrected chi connectivity index (χ0v) is 12.2. The van der Waals surface area contributed by atoms with E-state index in [0.717, 1.165) is 29.3 Å². The van der Waals surface area contributed by atoms with Gasteiger partial charge in [-0.2, -0.15) is 0 Å². The molecule has 0 amide bonds. The Morgan fingerprint density at radius 2 is 2.20 bits per heavy atom. The van der Waals surface area contributed by atoms with Crippen molar-refractivity contribution < 1.29 is 9.47 Å². The van der Waals surface area contributed by atoms with Crippen LogP contribution in [0.3, 0.4) is 0 Å². The van der Waals surface area contributed by atoms with E-state index in [1.165, 1.54) is 0 Å². The van der Waals surface area contributed by atoms with Crippen LogP contribution in [0.25, 0.3) is 0 Å². The highest BCUT2D eigenvalue weighted by Crippen LogP contribution is 2.29. The molecular weight excluding hydrogens is 254 g/mol. The van der Waals surface area contributed by atoms with E-state index in [1.807, 2.05) is 35.9 Å². The van der Waals surface area contributed by atoms with Gasteiger partial charge in [0.25, 0.3) is 0 Å². The van der Waals surface area contributed by atoms with Crippen LogP contribution < -0.4 is 15.2 Å². The third-order valence-corrected chi connectivity index (χ3v) is 3.23. The van der Waals surface area contributed by atoms with E-state index in [9.17, 15) is 0 Å². The van der Waals surface area contributed by atoms with Crippen molar-refractivity contribution in [3.8, 4) is 11.5 Å². The average molecular weight is 275 g/mol. The maximum absolute atomic E-state index is 5.97. The zero-order chi connectivity index (χ0) is 14.5. The molecule has 108 valence electrons. The van der Waals surface area contributed by atoms with Gasteiger partial charge in [-0.25, -0.2) is 4.98 Å². The van der Waals surface area contributed by atoms with Crippen molar-refractivity contribution >= 4 is 0 Å². The molecule has 0 aliphatic rings. The number of hydrogen-bond acceptors (Lipinski definition) is 4. The molecule has 2 aromatic rings. The Bertz CT molecular complexity index is 564. The maximum Gasteiger partial charge on any atom is 0.130 e. The van der Waals surface area contributed by atoms with Gasteiger partial charge in [0.2, 0.25) is 0 Å². The summed E-state index contributed by atoms with van der Waals surface area (Å²) >= 11 is 0. The molecular formula is C15H21N3O2. The van der Waals surface area contributed by atoms with Crippen LogP contribution in [0.2, 0.25) is 0 Å². The van der Waals surface area contributed by atoms with E-state index in [1.54, 1.807) is 13.4 Å². The first-order chi connectivity index (χ1) is 9.65. The summed E-state index contributed by atoms with van der Waals surface area (Å²) in [7, 11) is 1.64. The molecule has 1 aromatic heterocycles. The third-order valence-electron chi connectivity index (χ3n) is 3.23. The Morgan fingerprint density at radius 1 is 1.40 bits per heavy atom. The molecule has 20 heavy (non-hydrogen) atoms. The lowest BCUT2D eigenvalue weighted by atomic mass is 10.1. The lowest BCUT2D eigenvalue weighted by molar-refractivity contribution is 0.289. The van der Waals surface area contributed by atoms with E-state index < -0.39 is 0 Å². The van der Waals surface area contributed by atoms with Gasteiger partial charge in [-0.3, -0.25) is 0 Å². The molecule has 1 unspecified atom stereocenters. The maximum atomic E-state index is 5.97. The molecule has 1 atom stereocenters. The van der Waals surface area contributed by atoms with Gasteiger partial charge in [0, 0.05) is 24.2 Å². The van der Waals surface area contributed by atoms with Crippen molar-refractivity contribution in [3.05, 3.63) is 42.0 Å². The molecule has 5 nitrogen and oxygen atoms in total. The topological polar surface area (TPSA) is 62.3 Å². The standard InChI is InChI=1S/C15H21N3O2/c1-4-18-10-17-8-12(18)9-20-15-7-13(19-3)5-6-14(15)11(2)16/h5-8,10-11H,4,9,16H2,1-3H3. The van der Waals surface area contributed by atoms with Crippen LogP contribution in [0.4, 0.5) is 0 Å². The Morgan fingerprint density at radius 3 is 2.85 bits per heavy atom. The Hall–Kier alpha value is -2.01. The summed E-state index contributed by atoms with van der Waals surface area (Å²) < 4.78 is 13.2. The van der Waals surface area contributed by atoms with Crippen LogP contribution in [0, 0.1) is 0 Å². The fourth-order valence-corrected chi connectivity index (χ4v) is 2.05. The minimum Gasteiger partial charge on any atom is -0.497 e. The summed E-state index contributed by atoms with van der Waals surface area (Å²) in [6, 6.07) is 5.61. The number of nitrogens with zero attached hydrogens (tertiary/aromatic N) is 2. The highest BCUT2D eigenvalue weighted by atomic mass is 16.5. The van der Waals surface area contributed by atoms with Crippen molar-refractivity contribution in [2.24, 2.45) is 5.73 Å². The molecule has 5 heteroatoms. The SMILES string of the molecule is CCn1cncc1COc1cc(OC)ccc1C(C)N. The van der Waals surface area contributed by atoms with Gasteiger partial charge < -0.3 is 19.8 Å². The lowest BCUT2D eigenvalue weighted by Crippen LogP contribution is -2.09. The molecule has 0 aliphatic heterocycles. The van der Waals surface area contributed by atoms with E-state index >= 15 is 0 Å². The molecule has 0 bridgehead atoms. The molecule has 1 heterocycles. The molecule has 1 aromatic carbocycles. The summed E-state index contributed by atoms with van der Waals surface area (Å²) in [5, 5.41) is 0. The van der Waals surface area contributed by atoms with Crippen molar-refractivity contribution in [1.29, 1.82) is 0 Å². The Balaban J connectivity index is 2.19. The van der Waals surface area contributed by atoms with Crippen LogP contribution >= 0.6 is 0 Å². The summed E-state index contributed by atoms with van der Waals surface area (Å²) in [4.78, 5) is 4.13. The van der Waals surface area contributed by atoms with Gasteiger partial charge in [-0.05, 0) is 19.9 Å². The average Bonchev–Trinajstić information content (AvgIpc) is 2.91. The van der Waals surface area contributed by atoms with Crippen molar-refractivity contribution in [2.45, 2.75) is 33.0 Å². The molecule has 0 saturated carbocycles. The number of benzene rings is 1. The summed E-state index contributed by atoms with van der Waals surface area (Å²) in [5.74, 6) is 1.51. The second-order valence-electron chi connectivity index (χ2n) is 4.65. The molecule has 2 rings (SSSR count). The van der Waals surface area contributed by atoms with E-state index in [2.05, 4.69) is 11.9 Å². The second-order valence-corrected chi connectivity index (χ2v) is 4.65. The lowest BCUT2D eigenvalue weighted by Gasteiger charge is -2.15. The first kappa shape index (κ1) is 14.4. The molecule has 0 aliphatic carbocycles. The Kier molecular flexibility index (Phi) is 4.63. The van der Waals surface area contributed by atoms with E-state index in [0.29, 0.717) is 6.61 Å². The number of ether oxygens (including phenoxy) is 2. The van der Waals surface area contributed by atoms with Crippen molar-refractivity contribution in [1.82, 2.24) is 9.55 Å².